The van der Waals surface area contributed by atoms with E-state index in [4.69, 9.17) is 9.15 Å². The quantitative estimate of drug-likeness (QED) is 0.787. The SMILES string of the molecule is CC(=O)N1[C@@H](C(=O)OCC(=O)Nc2ccc(F)cc2)CS[C@@H]1c1ccco1. The second kappa shape index (κ2) is 8.26. The molecule has 9 heteroatoms. The molecule has 1 N–H and O–H groups in total. The molecule has 7 nitrogen and oxygen atoms in total. The lowest BCUT2D eigenvalue weighted by Gasteiger charge is -2.25. The highest BCUT2D eigenvalue weighted by Crippen LogP contribution is 2.41. The van der Waals surface area contributed by atoms with Gasteiger partial charge in [0.15, 0.2) is 6.61 Å². The lowest BCUT2D eigenvalue weighted by molar-refractivity contribution is -0.155. The second-order valence-corrected chi connectivity index (χ2v) is 6.92. The fraction of sp³-hybridized carbons (Fsp3) is 0.278. The van der Waals surface area contributed by atoms with E-state index in [0.29, 0.717) is 17.2 Å². The molecule has 142 valence electrons. The molecule has 0 aliphatic carbocycles. The van der Waals surface area contributed by atoms with E-state index in [1.165, 1.54) is 54.1 Å². The van der Waals surface area contributed by atoms with Crippen LogP contribution in [0.25, 0.3) is 0 Å². The zero-order valence-corrected chi connectivity index (χ0v) is 15.2. The molecule has 1 aromatic heterocycles. The first-order valence-corrected chi connectivity index (χ1v) is 9.16. The molecule has 1 aliphatic rings. The van der Waals surface area contributed by atoms with E-state index in [-0.39, 0.29) is 5.91 Å². The summed E-state index contributed by atoms with van der Waals surface area (Å²) in [6.45, 7) is 0.859. The maximum absolute atomic E-state index is 12.9. The van der Waals surface area contributed by atoms with Crippen molar-refractivity contribution in [1.29, 1.82) is 0 Å². The Hall–Kier alpha value is -2.81. The van der Waals surface area contributed by atoms with Crippen molar-refractivity contribution in [3.05, 3.63) is 54.2 Å². The molecular weight excluding hydrogens is 375 g/mol. The summed E-state index contributed by atoms with van der Waals surface area (Å²) in [4.78, 5) is 37.7. The van der Waals surface area contributed by atoms with Crippen molar-refractivity contribution in [2.24, 2.45) is 0 Å². The molecule has 0 unspecified atom stereocenters. The van der Waals surface area contributed by atoms with Crippen molar-refractivity contribution in [3.8, 4) is 0 Å². The van der Waals surface area contributed by atoms with Crippen LogP contribution in [0.4, 0.5) is 10.1 Å². The highest BCUT2D eigenvalue weighted by atomic mass is 32.2. The number of carbonyl (C=O) groups is 3. The minimum absolute atomic E-state index is 0.292. The molecule has 27 heavy (non-hydrogen) atoms. The highest BCUT2D eigenvalue weighted by molar-refractivity contribution is 7.99. The summed E-state index contributed by atoms with van der Waals surface area (Å²) in [5.41, 5.74) is 0.386. The number of rotatable bonds is 5. The summed E-state index contributed by atoms with van der Waals surface area (Å²) in [6, 6.07) is 7.84. The van der Waals surface area contributed by atoms with Gasteiger partial charge in [-0.25, -0.2) is 9.18 Å². The molecule has 0 bridgehead atoms. The summed E-state index contributed by atoms with van der Waals surface area (Å²) in [6.07, 6.45) is 1.50. The minimum Gasteiger partial charge on any atom is -0.466 e. The molecule has 1 aliphatic heterocycles. The largest absolute Gasteiger partial charge is 0.466 e. The fourth-order valence-corrected chi connectivity index (χ4v) is 4.10. The van der Waals surface area contributed by atoms with Gasteiger partial charge in [-0.15, -0.1) is 11.8 Å². The van der Waals surface area contributed by atoms with E-state index < -0.39 is 35.7 Å². The molecule has 0 spiro atoms. The lowest BCUT2D eigenvalue weighted by atomic mass is 10.2. The summed E-state index contributed by atoms with van der Waals surface area (Å²) >= 11 is 1.39. The number of nitrogens with zero attached hydrogens (tertiary/aromatic N) is 1. The Bertz CT molecular complexity index is 825. The highest BCUT2D eigenvalue weighted by Gasteiger charge is 2.43. The van der Waals surface area contributed by atoms with Crippen molar-refractivity contribution in [3.63, 3.8) is 0 Å². The number of thioether (sulfide) groups is 1. The third kappa shape index (κ3) is 4.48. The van der Waals surface area contributed by atoms with Crippen molar-refractivity contribution in [2.75, 3.05) is 17.7 Å². The van der Waals surface area contributed by atoms with Gasteiger partial charge in [0.25, 0.3) is 5.91 Å². The first-order chi connectivity index (χ1) is 13.0. The average Bonchev–Trinajstić information content (AvgIpc) is 3.30. The second-order valence-electron chi connectivity index (χ2n) is 5.81. The molecule has 1 aromatic carbocycles. The zero-order chi connectivity index (χ0) is 19.4. The minimum atomic E-state index is -0.804. The number of anilines is 1. The maximum Gasteiger partial charge on any atom is 0.330 e. The number of amides is 2. The van der Waals surface area contributed by atoms with E-state index >= 15 is 0 Å². The first-order valence-electron chi connectivity index (χ1n) is 8.11. The van der Waals surface area contributed by atoms with Crippen LogP contribution in [-0.2, 0) is 19.1 Å². The van der Waals surface area contributed by atoms with Crippen LogP contribution in [0, 0.1) is 5.82 Å². The Kier molecular flexibility index (Phi) is 5.80. The fourth-order valence-electron chi connectivity index (χ4n) is 2.69. The van der Waals surface area contributed by atoms with Gasteiger partial charge in [-0.05, 0) is 36.4 Å². The van der Waals surface area contributed by atoms with Gasteiger partial charge < -0.3 is 19.4 Å². The van der Waals surface area contributed by atoms with Gasteiger partial charge in [-0.2, -0.15) is 0 Å². The third-order valence-electron chi connectivity index (χ3n) is 3.90. The standard InChI is InChI=1S/C18H17FN2O5S/c1-11(22)21-14(10-27-17(21)15-3-2-8-25-15)18(24)26-9-16(23)20-13-6-4-12(19)5-7-13/h2-8,14,17H,9-10H2,1H3,(H,20,23)/t14-,17-/m1/s1. The topological polar surface area (TPSA) is 88.8 Å². The molecule has 0 radical (unpaired) electrons. The van der Waals surface area contributed by atoms with Crippen molar-refractivity contribution in [1.82, 2.24) is 4.90 Å². The first kappa shape index (κ1) is 19.0. The van der Waals surface area contributed by atoms with E-state index in [1.807, 2.05) is 0 Å². The maximum atomic E-state index is 12.9. The van der Waals surface area contributed by atoms with E-state index in [0.717, 1.165) is 0 Å². The molecule has 1 saturated heterocycles. The number of benzene rings is 1. The number of hydrogen-bond donors (Lipinski definition) is 1. The molecule has 2 heterocycles. The van der Waals surface area contributed by atoms with E-state index in [1.54, 1.807) is 12.1 Å². The Balaban J connectivity index is 1.57. The van der Waals surface area contributed by atoms with Gasteiger partial charge in [0.2, 0.25) is 5.91 Å². The van der Waals surface area contributed by atoms with Crippen LogP contribution in [-0.4, -0.2) is 41.1 Å². The van der Waals surface area contributed by atoms with Gasteiger partial charge in [0, 0.05) is 18.4 Å². The molecular formula is C18H17FN2O5S. The molecule has 3 rings (SSSR count). The summed E-state index contributed by atoms with van der Waals surface area (Å²) in [5.74, 6) is -1.03. The van der Waals surface area contributed by atoms with E-state index in [9.17, 15) is 18.8 Å². The van der Waals surface area contributed by atoms with Crippen LogP contribution in [0.15, 0.2) is 47.1 Å². The number of halogens is 1. The number of esters is 1. The summed E-state index contributed by atoms with van der Waals surface area (Å²) in [5, 5.41) is 2.08. The lowest BCUT2D eigenvalue weighted by Crippen LogP contribution is -2.43. The zero-order valence-electron chi connectivity index (χ0n) is 14.4. The third-order valence-corrected chi connectivity index (χ3v) is 5.18. The number of hydrogen-bond acceptors (Lipinski definition) is 6. The van der Waals surface area contributed by atoms with Crippen LogP contribution in [0.2, 0.25) is 0 Å². The van der Waals surface area contributed by atoms with Crippen LogP contribution in [0.1, 0.15) is 18.1 Å². The van der Waals surface area contributed by atoms with Crippen LogP contribution in [0.5, 0.6) is 0 Å². The predicted molar refractivity (Wildman–Crippen MR) is 96.2 cm³/mol. The summed E-state index contributed by atoms with van der Waals surface area (Å²) < 4.78 is 23.3. The number of furan rings is 1. The van der Waals surface area contributed by atoms with Crippen molar-refractivity contribution >= 4 is 35.2 Å². The van der Waals surface area contributed by atoms with Gasteiger partial charge in [0.05, 0.1) is 6.26 Å². The van der Waals surface area contributed by atoms with Gasteiger partial charge in [0.1, 0.15) is 23.0 Å². The Morgan fingerprint density at radius 3 is 2.67 bits per heavy atom. The number of ether oxygens (including phenoxy) is 1. The predicted octanol–water partition coefficient (Wildman–Crippen LogP) is 2.56. The Morgan fingerprint density at radius 1 is 1.30 bits per heavy atom. The average molecular weight is 392 g/mol. The van der Waals surface area contributed by atoms with Gasteiger partial charge in [-0.3, -0.25) is 9.59 Å². The van der Waals surface area contributed by atoms with Crippen molar-refractivity contribution < 1.29 is 27.9 Å². The van der Waals surface area contributed by atoms with Crippen LogP contribution >= 0.6 is 11.8 Å². The Labute approximate surface area is 158 Å². The molecule has 2 amide bonds. The molecule has 2 atom stereocenters. The van der Waals surface area contributed by atoms with Crippen LogP contribution < -0.4 is 5.32 Å². The molecule has 0 saturated carbocycles. The van der Waals surface area contributed by atoms with Crippen molar-refractivity contribution in [2.45, 2.75) is 18.3 Å². The summed E-state index contributed by atoms with van der Waals surface area (Å²) in [7, 11) is 0. The smallest absolute Gasteiger partial charge is 0.330 e. The normalized spacial score (nSPS) is 19.0. The van der Waals surface area contributed by atoms with Crippen LogP contribution in [0.3, 0.4) is 0 Å². The monoisotopic (exact) mass is 392 g/mol. The number of carbonyl (C=O) groups excluding carboxylic acids is 3. The van der Waals surface area contributed by atoms with Gasteiger partial charge in [-0.1, -0.05) is 0 Å². The van der Waals surface area contributed by atoms with Gasteiger partial charge >= 0.3 is 5.97 Å². The molecule has 2 aromatic rings. The Morgan fingerprint density at radius 2 is 2.04 bits per heavy atom. The van der Waals surface area contributed by atoms with E-state index in [2.05, 4.69) is 5.32 Å². The number of nitrogens with one attached hydrogen (secondary N) is 1. The molecule has 1 fully saturated rings.